The molecule has 1 unspecified atom stereocenters. The van der Waals surface area contributed by atoms with Crippen molar-refractivity contribution in [3.05, 3.63) is 12.7 Å². The number of carbonyl (C=O) groups is 3. The molecule has 3 N–H and O–H groups in total. The Labute approximate surface area is 93.7 Å². The van der Waals surface area contributed by atoms with Crippen LogP contribution in [-0.2, 0) is 9.59 Å². The molecule has 0 saturated carbocycles. The van der Waals surface area contributed by atoms with E-state index in [1.54, 1.807) is 6.92 Å². The molecule has 90 valence electrons. The van der Waals surface area contributed by atoms with Gasteiger partial charge < -0.3 is 15.7 Å². The second-order valence-electron chi connectivity index (χ2n) is 3.13. The van der Waals surface area contributed by atoms with E-state index in [0.29, 0.717) is 0 Å². The molecule has 0 fully saturated rings. The number of carboxylic acids is 1. The number of carbonyl (C=O) groups excluding carboxylic acids is 2. The van der Waals surface area contributed by atoms with Crippen LogP contribution in [0.1, 0.15) is 19.8 Å². The third kappa shape index (κ3) is 5.79. The normalized spacial score (nSPS) is 11.3. The van der Waals surface area contributed by atoms with Crippen LogP contribution in [0.5, 0.6) is 0 Å². The predicted octanol–water partition coefficient (Wildman–Crippen LogP) is 0.294. The van der Waals surface area contributed by atoms with Crippen LogP contribution in [0.3, 0.4) is 0 Å². The third-order valence-electron chi connectivity index (χ3n) is 1.84. The van der Waals surface area contributed by atoms with Gasteiger partial charge in [0.1, 0.15) is 11.8 Å². The summed E-state index contributed by atoms with van der Waals surface area (Å²) in [5.41, 5.74) is 0. The van der Waals surface area contributed by atoms with Crippen molar-refractivity contribution in [2.75, 3.05) is 6.54 Å². The van der Waals surface area contributed by atoms with Gasteiger partial charge in [-0.3, -0.25) is 4.79 Å². The lowest BCUT2D eigenvalue weighted by molar-refractivity contribution is -0.140. The molecular formula is C10H16N2O4. The highest BCUT2D eigenvalue weighted by atomic mass is 16.4. The molecule has 6 nitrogen and oxygen atoms in total. The van der Waals surface area contributed by atoms with Crippen molar-refractivity contribution >= 4 is 17.8 Å². The SMILES string of the molecule is C=CCNC(=O)NC(CC(=O)CC)C(=O)O. The third-order valence-corrected chi connectivity index (χ3v) is 1.84. The molecule has 1 atom stereocenters. The van der Waals surface area contributed by atoms with E-state index in [1.165, 1.54) is 6.08 Å². The van der Waals surface area contributed by atoms with Gasteiger partial charge in [-0.05, 0) is 0 Å². The number of ketones is 1. The maximum Gasteiger partial charge on any atom is 0.326 e. The number of Topliss-reactive ketones (excluding diaryl/α,β-unsaturated/α-hetero) is 1. The van der Waals surface area contributed by atoms with Crippen molar-refractivity contribution in [1.29, 1.82) is 0 Å². The highest BCUT2D eigenvalue weighted by molar-refractivity contribution is 5.88. The molecule has 0 aromatic carbocycles. The van der Waals surface area contributed by atoms with Gasteiger partial charge in [-0.25, -0.2) is 9.59 Å². The van der Waals surface area contributed by atoms with E-state index in [2.05, 4.69) is 17.2 Å². The van der Waals surface area contributed by atoms with E-state index in [0.717, 1.165) is 0 Å². The van der Waals surface area contributed by atoms with Crippen molar-refractivity contribution in [2.45, 2.75) is 25.8 Å². The Morgan fingerprint density at radius 2 is 2.06 bits per heavy atom. The lowest BCUT2D eigenvalue weighted by Gasteiger charge is -2.13. The fourth-order valence-electron chi connectivity index (χ4n) is 0.946. The summed E-state index contributed by atoms with van der Waals surface area (Å²) in [6.45, 7) is 5.27. The molecule has 0 aromatic heterocycles. The zero-order chi connectivity index (χ0) is 12.6. The maximum atomic E-state index is 11.1. The average Bonchev–Trinajstić information content (AvgIpc) is 2.24. The monoisotopic (exact) mass is 228 g/mol. The van der Waals surface area contributed by atoms with Crippen molar-refractivity contribution in [2.24, 2.45) is 0 Å². The van der Waals surface area contributed by atoms with Gasteiger partial charge in [0, 0.05) is 19.4 Å². The number of nitrogens with one attached hydrogen (secondary N) is 2. The number of rotatable bonds is 7. The van der Waals surface area contributed by atoms with Crippen LogP contribution in [0, 0.1) is 0 Å². The van der Waals surface area contributed by atoms with Crippen LogP contribution in [0.25, 0.3) is 0 Å². The Bertz CT molecular complexity index is 289. The molecule has 6 heteroatoms. The number of amides is 2. The Balaban J connectivity index is 4.22. The Kier molecular flexibility index (Phi) is 6.58. The minimum atomic E-state index is -1.23. The van der Waals surface area contributed by atoms with Crippen LogP contribution in [-0.4, -0.2) is 35.5 Å². The molecule has 2 amide bonds. The molecule has 0 radical (unpaired) electrons. The lowest BCUT2D eigenvalue weighted by atomic mass is 10.1. The van der Waals surface area contributed by atoms with Crippen LogP contribution in [0.2, 0.25) is 0 Å². The molecule has 0 heterocycles. The highest BCUT2D eigenvalue weighted by Crippen LogP contribution is 1.97. The van der Waals surface area contributed by atoms with Gasteiger partial charge in [-0.15, -0.1) is 6.58 Å². The van der Waals surface area contributed by atoms with E-state index in [9.17, 15) is 14.4 Å². The quantitative estimate of drug-likeness (QED) is 0.546. The number of aliphatic carboxylic acids is 1. The summed E-state index contributed by atoms with van der Waals surface area (Å²) in [5, 5.41) is 13.3. The zero-order valence-corrected chi connectivity index (χ0v) is 9.16. The lowest BCUT2D eigenvalue weighted by Crippen LogP contribution is -2.46. The summed E-state index contributed by atoms with van der Waals surface area (Å²) in [6, 6.07) is -1.81. The molecule has 16 heavy (non-hydrogen) atoms. The molecule has 0 aliphatic carbocycles. The van der Waals surface area contributed by atoms with Crippen molar-refractivity contribution in [1.82, 2.24) is 10.6 Å². The fourth-order valence-corrected chi connectivity index (χ4v) is 0.946. The summed E-state index contributed by atoms with van der Waals surface area (Å²) in [4.78, 5) is 33.0. The Morgan fingerprint density at radius 3 is 2.50 bits per heavy atom. The molecule has 0 rings (SSSR count). The van der Waals surface area contributed by atoms with Crippen molar-refractivity contribution < 1.29 is 19.5 Å². The molecule has 0 aliphatic heterocycles. The topological polar surface area (TPSA) is 95.5 Å². The first-order valence-corrected chi connectivity index (χ1v) is 4.91. The number of hydrogen-bond acceptors (Lipinski definition) is 3. The first kappa shape index (κ1) is 14.2. The predicted molar refractivity (Wildman–Crippen MR) is 58.1 cm³/mol. The van der Waals surface area contributed by atoms with Gasteiger partial charge in [0.25, 0.3) is 0 Å². The summed E-state index contributed by atoms with van der Waals surface area (Å²) in [6.07, 6.45) is 1.51. The van der Waals surface area contributed by atoms with Gasteiger partial charge in [0.15, 0.2) is 0 Å². The number of hydrogen-bond donors (Lipinski definition) is 3. The minimum Gasteiger partial charge on any atom is -0.480 e. The van der Waals surface area contributed by atoms with Crippen molar-refractivity contribution in [3.8, 4) is 0 Å². The van der Waals surface area contributed by atoms with Gasteiger partial charge in [-0.1, -0.05) is 13.0 Å². The van der Waals surface area contributed by atoms with E-state index in [1.807, 2.05) is 0 Å². The zero-order valence-electron chi connectivity index (χ0n) is 9.16. The molecule has 0 spiro atoms. The molecule has 0 saturated heterocycles. The van der Waals surface area contributed by atoms with Crippen LogP contribution >= 0.6 is 0 Å². The first-order valence-electron chi connectivity index (χ1n) is 4.91. The minimum absolute atomic E-state index is 0.201. The number of carboxylic acid groups (broad SMARTS) is 1. The average molecular weight is 228 g/mol. The van der Waals surface area contributed by atoms with E-state index < -0.39 is 18.0 Å². The van der Waals surface area contributed by atoms with Crippen LogP contribution < -0.4 is 10.6 Å². The van der Waals surface area contributed by atoms with Gasteiger partial charge in [-0.2, -0.15) is 0 Å². The van der Waals surface area contributed by atoms with Crippen LogP contribution in [0.15, 0.2) is 12.7 Å². The van der Waals surface area contributed by atoms with E-state index in [-0.39, 0.29) is 25.2 Å². The maximum absolute atomic E-state index is 11.1. The second-order valence-corrected chi connectivity index (χ2v) is 3.13. The Hall–Kier alpha value is -1.85. The summed E-state index contributed by atoms with van der Waals surface area (Å²) < 4.78 is 0. The molecule has 0 aliphatic rings. The summed E-state index contributed by atoms with van der Waals surface area (Å²) in [5.74, 6) is -1.44. The fraction of sp³-hybridized carbons (Fsp3) is 0.500. The molecule has 0 bridgehead atoms. The first-order chi connectivity index (χ1) is 7.51. The molecular weight excluding hydrogens is 212 g/mol. The van der Waals surface area contributed by atoms with Gasteiger partial charge >= 0.3 is 12.0 Å². The van der Waals surface area contributed by atoms with Gasteiger partial charge in [0.2, 0.25) is 0 Å². The largest absolute Gasteiger partial charge is 0.480 e. The van der Waals surface area contributed by atoms with Gasteiger partial charge in [0.05, 0.1) is 0 Å². The van der Waals surface area contributed by atoms with E-state index >= 15 is 0 Å². The smallest absolute Gasteiger partial charge is 0.326 e. The standard InChI is InChI=1S/C10H16N2O4/c1-3-5-11-10(16)12-8(9(14)15)6-7(13)4-2/h3,8H,1,4-6H2,2H3,(H,14,15)(H2,11,12,16). The second kappa shape index (κ2) is 7.44. The number of urea groups is 1. The van der Waals surface area contributed by atoms with E-state index in [4.69, 9.17) is 5.11 Å². The van der Waals surface area contributed by atoms with Crippen LogP contribution in [0.4, 0.5) is 4.79 Å². The Morgan fingerprint density at radius 1 is 1.44 bits per heavy atom. The highest BCUT2D eigenvalue weighted by Gasteiger charge is 2.21. The van der Waals surface area contributed by atoms with Crippen molar-refractivity contribution in [3.63, 3.8) is 0 Å². The summed E-state index contributed by atoms with van der Waals surface area (Å²) in [7, 11) is 0. The summed E-state index contributed by atoms with van der Waals surface area (Å²) >= 11 is 0. The molecule has 0 aromatic rings.